The van der Waals surface area contributed by atoms with Crippen LogP contribution in [0.5, 0.6) is 0 Å². The summed E-state index contributed by atoms with van der Waals surface area (Å²) in [5, 5.41) is 1.32. The number of H-pyrrole nitrogens is 1. The van der Waals surface area contributed by atoms with Crippen molar-refractivity contribution < 1.29 is 0 Å². The van der Waals surface area contributed by atoms with Gasteiger partial charge in [-0.25, -0.2) is 0 Å². The maximum atomic E-state index is 5.46. The van der Waals surface area contributed by atoms with Crippen LogP contribution in [0, 0.1) is 12.3 Å². The number of fused-ring (bicyclic) bond motifs is 1. The summed E-state index contributed by atoms with van der Waals surface area (Å²) >= 11 is 0. The highest BCUT2D eigenvalue weighted by atomic mass is 15.1. The Morgan fingerprint density at radius 3 is 2.86 bits per heavy atom. The molecule has 0 amide bonds. The van der Waals surface area contributed by atoms with E-state index in [9.17, 15) is 0 Å². The number of aromatic amines is 1. The van der Waals surface area contributed by atoms with Crippen LogP contribution in [-0.4, -0.2) is 23.5 Å². The standard InChI is InChI=1S/C20H20N2/c1-3-16-7-6-8-17(13-16)15-22(2)12-11-18-14-21-20-10-5-4-9-19(18)20/h1,4-10,13-14,21H,11-12,15H2,2H3. The molecule has 3 aromatic rings. The van der Waals surface area contributed by atoms with Gasteiger partial charge in [0.05, 0.1) is 0 Å². The summed E-state index contributed by atoms with van der Waals surface area (Å²) < 4.78 is 0. The van der Waals surface area contributed by atoms with Gasteiger partial charge in [-0.3, -0.25) is 0 Å². The van der Waals surface area contributed by atoms with Crippen molar-refractivity contribution in [1.29, 1.82) is 0 Å². The van der Waals surface area contributed by atoms with Crippen LogP contribution in [0.1, 0.15) is 16.7 Å². The molecule has 0 atom stereocenters. The van der Waals surface area contributed by atoms with Crippen molar-refractivity contribution in [1.82, 2.24) is 9.88 Å². The number of nitrogens with zero attached hydrogens (tertiary/aromatic N) is 1. The van der Waals surface area contributed by atoms with Gasteiger partial charge in [-0.2, -0.15) is 0 Å². The fraction of sp³-hybridized carbons (Fsp3) is 0.200. The lowest BCUT2D eigenvalue weighted by Gasteiger charge is -2.16. The molecule has 22 heavy (non-hydrogen) atoms. The van der Waals surface area contributed by atoms with Crippen LogP contribution in [0.25, 0.3) is 10.9 Å². The lowest BCUT2D eigenvalue weighted by Crippen LogP contribution is -2.20. The van der Waals surface area contributed by atoms with Crippen molar-refractivity contribution >= 4 is 10.9 Å². The summed E-state index contributed by atoms with van der Waals surface area (Å²) in [4.78, 5) is 5.67. The number of aromatic nitrogens is 1. The molecule has 1 N–H and O–H groups in total. The average Bonchev–Trinajstić information content (AvgIpc) is 2.96. The molecule has 0 aliphatic heterocycles. The van der Waals surface area contributed by atoms with Gasteiger partial charge in [0.2, 0.25) is 0 Å². The number of nitrogens with one attached hydrogen (secondary N) is 1. The zero-order valence-electron chi connectivity index (χ0n) is 12.8. The first-order valence-electron chi connectivity index (χ1n) is 7.55. The third-order valence-electron chi connectivity index (χ3n) is 3.98. The fourth-order valence-corrected chi connectivity index (χ4v) is 2.80. The summed E-state index contributed by atoms with van der Waals surface area (Å²) in [6.07, 6.45) is 8.62. The number of para-hydroxylation sites is 1. The molecule has 0 saturated carbocycles. The Bertz CT molecular complexity index is 808. The fourth-order valence-electron chi connectivity index (χ4n) is 2.80. The molecule has 110 valence electrons. The van der Waals surface area contributed by atoms with Crippen molar-refractivity contribution in [3.8, 4) is 12.3 Å². The molecule has 0 aliphatic rings. The zero-order chi connectivity index (χ0) is 15.4. The second kappa shape index (κ2) is 6.51. The number of hydrogen-bond acceptors (Lipinski definition) is 1. The minimum atomic E-state index is 0.915. The first kappa shape index (κ1) is 14.4. The first-order valence-corrected chi connectivity index (χ1v) is 7.55. The van der Waals surface area contributed by atoms with Crippen LogP contribution in [0.15, 0.2) is 54.7 Å². The molecule has 2 nitrogen and oxygen atoms in total. The largest absolute Gasteiger partial charge is 0.361 e. The molecule has 0 saturated heterocycles. The van der Waals surface area contributed by atoms with E-state index in [0.29, 0.717) is 0 Å². The van der Waals surface area contributed by atoms with Crippen molar-refractivity contribution in [3.63, 3.8) is 0 Å². The molecule has 0 radical (unpaired) electrons. The third-order valence-corrected chi connectivity index (χ3v) is 3.98. The number of hydrogen-bond donors (Lipinski definition) is 1. The monoisotopic (exact) mass is 288 g/mol. The van der Waals surface area contributed by atoms with Gasteiger partial charge in [-0.05, 0) is 42.8 Å². The van der Waals surface area contributed by atoms with Crippen molar-refractivity contribution in [2.45, 2.75) is 13.0 Å². The van der Waals surface area contributed by atoms with Gasteiger partial charge in [0.25, 0.3) is 0 Å². The smallest absolute Gasteiger partial charge is 0.0456 e. The summed E-state index contributed by atoms with van der Waals surface area (Å²) in [6, 6.07) is 16.7. The maximum Gasteiger partial charge on any atom is 0.0456 e. The second-order valence-electron chi connectivity index (χ2n) is 5.69. The highest BCUT2D eigenvalue weighted by molar-refractivity contribution is 5.83. The Kier molecular flexibility index (Phi) is 4.27. The van der Waals surface area contributed by atoms with Crippen LogP contribution < -0.4 is 0 Å². The number of terminal acetylenes is 1. The quantitative estimate of drug-likeness (QED) is 0.707. The van der Waals surface area contributed by atoms with Crippen LogP contribution >= 0.6 is 0 Å². The topological polar surface area (TPSA) is 19.0 Å². The van der Waals surface area contributed by atoms with E-state index in [1.165, 1.54) is 22.0 Å². The summed E-state index contributed by atoms with van der Waals surface area (Å²) in [5.41, 5.74) is 4.79. The second-order valence-corrected chi connectivity index (χ2v) is 5.69. The van der Waals surface area contributed by atoms with E-state index in [4.69, 9.17) is 6.42 Å². The predicted octanol–water partition coefficient (Wildman–Crippen LogP) is 3.82. The van der Waals surface area contributed by atoms with Gasteiger partial charge < -0.3 is 9.88 Å². The van der Waals surface area contributed by atoms with Gasteiger partial charge >= 0.3 is 0 Å². The number of benzene rings is 2. The van der Waals surface area contributed by atoms with Crippen LogP contribution in [0.2, 0.25) is 0 Å². The molecular weight excluding hydrogens is 268 g/mol. The van der Waals surface area contributed by atoms with E-state index in [2.05, 4.69) is 65.4 Å². The minimum Gasteiger partial charge on any atom is -0.361 e. The third kappa shape index (κ3) is 3.21. The zero-order valence-corrected chi connectivity index (χ0v) is 12.8. The molecule has 0 aliphatic carbocycles. The summed E-state index contributed by atoms with van der Waals surface area (Å²) in [7, 11) is 2.15. The van der Waals surface area contributed by atoms with Crippen molar-refractivity contribution in [2.24, 2.45) is 0 Å². The molecule has 2 aromatic carbocycles. The van der Waals surface area contributed by atoms with Crippen LogP contribution in [0.4, 0.5) is 0 Å². The van der Waals surface area contributed by atoms with E-state index < -0.39 is 0 Å². The molecule has 0 bridgehead atoms. The molecule has 2 heteroatoms. The Morgan fingerprint density at radius 2 is 2.00 bits per heavy atom. The van der Waals surface area contributed by atoms with E-state index in [1.807, 2.05) is 12.1 Å². The van der Waals surface area contributed by atoms with Crippen LogP contribution in [0.3, 0.4) is 0 Å². The van der Waals surface area contributed by atoms with Gasteiger partial charge in [-0.1, -0.05) is 36.3 Å². The van der Waals surface area contributed by atoms with Gasteiger partial charge in [0, 0.05) is 35.8 Å². The number of rotatable bonds is 5. The summed E-state index contributed by atoms with van der Waals surface area (Å²) in [5.74, 6) is 2.69. The predicted molar refractivity (Wildman–Crippen MR) is 92.7 cm³/mol. The normalized spacial score (nSPS) is 11.0. The van der Waals surface area contributed by atoms with E-state index in [1.54, 1.807) is 0 Å². The van der Waals surface area contributed by atoms with Crippen molar-refractivity contribution in [3.05, 3.63) is 71.4 Å². The number of likely N-dealkylation sites (N-methyl/N-ethyl adjacent to an activating group) is 1. The molecule has 3 rings (SSSR count). The lowest BCUT2D eigenvalue weighted by molar-refractivity contribution is 0.331. The molecular formula is C20H20N2. The van der Waals surface area contributed by atoms with Crippen molar-refractivity contribution in [2.75, 3.05) is 13.6 Å². The minimum absolute atomic E-state index is 0.915. The van der Waals surface area contributed by atoms with Gasteiger partial charge in [0.15, 0.2) is 0 Å². The molecule has 0 spiro atoms. The molecule has 1 aromatic heterocycles. The lowest BCUT2D eigenvalue weighted by atomic mass is 10.1. The highest BCUT2D eigenvalue weighted by Gasteiger charge is 2.05. The van der Waals surface area contributed by atoms with E-state index >= 15 is 0 Å². The first-order chi connectivity index (χ1) is 10.8. The maximum absolute atomic E-state index is 5.46. The Labute approximate surface area is 131 Å². The van der Waals surface area contributed by atoms with Gasteiger partial charge in [-0.15, -0.1) is 6.42 Å². The van der Waals surface area contributed by atoms with Gasteiger partial charge in [0.1, 0.15) is 0 Å². The SMILES string of the molecule is C#Cc1cccc(CN(C)CCc2c[nH]c3ccccc23)c1. The highest BCUT2D eigenvalue weighted by Crippen LogP contribution is 2.18. The summed E-state index contributed by atoms with van der Waals surface area (Å²) in [6.45, 7) is 1.93. The molecule has 0 unspecified atom stereocenters. The molecule has 1 heterocycles. The Balaban J connectivity index is 1.62. The average molecular weight is 288 g/mol. The van der Waals surface area contributed by atoms with E-state index in [0.717, 1.165) is 25.1 Å². The Morgan fingerprint density at radius 1 is 1.14 bits per heavy atom. The van der Waals surface area contributed by atoms with Crippen LogP contribution in [-0.2, 0) is 13.0 Å². The Hall–Kier alpha value is -2.50. The van der Waals surface area contributed by atoms with E-state index in [-0.39, 0.29) is 0 Å². The molecule has 0 fully saturated rings.